The van der Waals surface area contributed by atoms with Crippen molar-refractivity contribution >= 4 is 21.5 Å². The van der Waals surface area contributed by atoms with E-state index in [0.29, 0.717) is 5.56 Å². The minimum Gasteiger partial charge on any atom is -0.409 e. The predicted octanol–water partition coefficient (Wildman–Crippen LogP) is 1.72. The van der Waals surface area contributed by atoms with Crippen molar-refractivity contribution in [2.24, 2.45) is 10.9 Å². The Morgan fingerprint density at radius 1 is 1.19 bits per heavy atom. The zero-order valence-corrected chi connectivity index (χ0v) is 11.5. The van der Waals surface area contributed by atoms with Crippen molar-refractivity contribution < 1.29 is 18.0 Å². The van der Waals surface area contributed by atoms with Crippen LogP contribution in [0.1, 0.15) is 5.56 Å². The van der Waals surface area contributed by atoms with E-state index in [-0.39, 0.29) is 16.4 Å². The van der Waals surface area contributed by atoms with Crippen LogP contribution in [0.4, 0.5) is 10.1 Å². The summed E-state index contributed by atoms with van der Waals surface area (Å²) in [5.41, 5.74) is 5.99. The molecule has 2 aromatic carbocycles. The number of hydrogen-bond acceptors (Lipinski definition) is 4. The average molecular weight is 309 g/mol. The molecule has 0 amide bonds. The van der Waals surface area contributed by atoms with Crippen molar-refractivity contribution in [1.29, 1.82) is 0 Å². The molecule has 0 aliphatic heterocycles. The molecule has 0 saturated carbocycles. The van der Waals surface area contributed by atoms with Gasteiger partial charge in [0, 0.05) is 11.3 Å². The largest absolute Gasteiger partial charge is 0.409 e. The van der Waals surface area contributed by atoms with Gasteiger partial charge in [0.1, 0.15) is 5.82 Å². The Bertz CT molecular complexity index is 791. The normalized spacial score (nSPS) is 12.1. The molecule has 0 aliphatic carbocycles. The highest BCUT2D eigenvalue weighted by Gasteiger charge is 2.15. The lowest BCUT2D eigenvalue weighted by molar-refractivity contribution is 0.318. The average Bonchev–Trinajstić information content (AvgIpc) is 2.46. The number of nitrogens with zero attached hydrogens (tertiary/aromatic N) is 1. The highest BCUT2D eigenvalue weighted by Crippen LogP contribution is 2.17. The number of nitrogens with one attached hydrogen (secondary N) is 1. The van der Waals surface area contributed by atoms with Crippen LogP contribution in [0.25, 0.3) is 0 Å². The molecule has 8 heteroatoms. The van der Waals surface area contributed by atoms with Crippen LogP contribution >= 0.6 is 0 Å². The molecule has 0 heterocycles. The van der Waals surface area contributed by atoms with Crippen LogP contribution in [0.5, 0.6) is 0 Å². The SMILES string of the molecule is N/C(=N/O)c1cccc(NS(=O)(=O)c2cccc(F)c2)c1. The molecule has 2 aromatic rings. The second-order valence-electron chi connectivity index (χ2n) is 4.13. The molecule has 110 valence electrons. The van der Waals surface area contributed by atoms with Gasteiger partial charge in [-0.2, -0.15) is 0 Å². The maximum Gasteiger partial charge on any atom is 0.261 e. The minimum absolute atomic E-state index is 0.151. The van der Waals surface area contributed by atoms with E-state index in [4.69, 9.17) is 10.9 Å². The van der Waals surface area contributed by atoms with E-state index in [9.17, 15) is 12.8 Å². The van der Waals surface area contributed by atoms with E-state index >= 15 is 0 Å². The highest BCUT2D eigenvalue weighted by molar-refractivity contribution is 7.92. The maximum atomic E-state index is 13.1. The number of benzene rings is 2. The second-order valence-corrected chi connectivity index (χ2v) is 5.81. The summed E-state index contributed by atoms with van der Waals surface area (Å²) >= 11 is 0. The number of anilines is 1. The number of rotatable bonds is 4. The van der Waals surface area contributed by atoms with Gasteiger partial charge in [-0.25, -0.2) is 12.8 Å². The summed E-state index contributed by atoms with van der Waals surface area (Å²) in [7, 11) is -3.92. The van der Waals surface area contributed by atoms with E-state index < -0.39 is 15.8 Å². The van der Waals surface area contributed by atoms with Gasteiger partial charge in [-0.05, 0) is 30.3 Å². The van der Waals surface area contributed by atoms with Gasteiger partial charge in [0.15, 0.2) is 5.84 Å². The van der Waals surface area contributed by atoms with Crippen LogP contribution in [0.2, 0.25) is 0 Å². The van der Waals surface area contributed by atoms with E-state index in [2.05, 4.69) is 9.88 Å². The van der Waals surface area contributed by atoms with Gasteiger partial charge >= 0.3 is 0 Å². The van der Waals surface area contributed by atoms with Crippen molar-refractivity contribution in [1.82, 2.24) is 0 Å². The Balaban J connectivity index is 2.33. The minimum atomic E-state index is -3.92. The number of nitrogens with two attached hydrogens (primary N) is 1. The molecule has 21 heavy (non-hydrogen) atoms. The number of sulfonamides is 1. The van der Waals surface area contributed by atoms with Gasteiger partial charge in [-0.15, -0.1) is 0 Å². The smallest absolute Gasteiger partial charge is 0.261 e. The molecule has 0 unspecified atom stereocenters. The van der Waals surface area contributed by atoms with Crippen molar-refractivity contribution in [2.45, 2.75) is 4.90 Å². The molecule has 0 fully saturated rings. The third-order valence-corrected chi connectivity index (χ3v) is 4.00. The summed E-state index contributed by atoms with van der Waals surface area (Å²) in [5, 5.41) is 11.4. The fourth-order valence-corrected chi connectivity index (χ4v) is 2.73. The van der Waals surface area contributed by atoms with Gasteiger partial charge < -0.3 is 10.9 Å². The number of amidine groups is 1. The zero-order chi connectivity index (χ0) is 15.5. The van der Waals surface area contributed by atoms with Crippen molar-refractivity contribution in [2.75, 3.05) is 4.72 Å². The lowest BCUT2D eigenvalue weighted by Gasteiger charge is -2.09. The molecular weight excluding hydrogens is 297 g/mol. The fourth-order valence-electron chi connectivity index (χ4n) is 1.65. The van der Waals surface area contributed by atoms with E-state index in [1.54, 1.807) is 6.07 Å². The molecule has 0 aromatic heterocycles. The lowest BCUT2D eigenvalue weighted by atomic mass is 10.2. The third kappa shape index (κ3) is 3.48. The third-order valence-electron chi connectivity index (χ3n) is 2.62. The molecule has 0 aliphatic rings. The summed E-state index contributed by atoms with van der Waals surface area (Å²) in [6.07, 6.45) is 0. The van der Waals surface area contributed by atoms with Crippen LogP contribution in [0.15, 0.2) is 58.6 Å². The summed E-state index contributed by atoms with van der Waals surface area (Å²) in [5.74, 6) is -0.801. The van der Waals surface area contributed by atoms with Gasteiger partial charge in [0.25, 0.3) is 10.0 Å². The van der Waals surface area contributed by atoms with Crippen LogP contribution in [-0.2, 0) is 10.0 Å². The molecule has 4 N–H and O–H groups in total. The predicted molar refractivity (Wildman–Crippen MR) is 76.2 cm³/mol. The molecule has 0 saturated heterocycles. The number of hydrogen-bond donors (Lipinski definition) is 3. The van der Waals surface area contributed by atoms with Crippen LogP contribution in [-0.4, -0.2) is 19.5 Å². The standard InChI is InChI=1S/C13H12FN3O3S/c14-10-4-2-6-12(8-10)21(19,20)17-11-5-1-3-9(7-11)13(15)16-18/h1-8,17-18H,(H2,15,16). The summed E-state index contributed by atoms with van der Waals surface area (Å²) in [6.45, 7) is 0. The highest BCUT2D eigenvalue weighted by atomic mass is 32.2. The first-order valence-corrected chi connectivity index (χ1v) is 7.27. The van der Waals surface area contributed by atoms with Crippen molar-refractivity contribution in [3.63, 3.8) is 0 Å². The monoisotopic (exact) mass is 309 g/mol. The topological polar surface area (TPSA) is 105 Å². The van der Waals surface area contributed by atoms with Gasteiger partial charge in [0.05, 0.1) is 4.90 Å². The molecule has 0 atom stereocenters. The van der Waals surface area contributed by atoms with Crippen LogP contribution < -0.4 is 10.5 Å². The first-order chi connectivity index (χ1) is 9.92. The molecule has 2 rings (SSSR count). The number of halogens is 1. The van der Waals surface area contributed by atoms with Crippen molar-refractivity contribution in [3.05, 3.63) is 59.9 Å². The summed E-state index contributed by atoms with van der Waals surface area (Å²) in [6, 6.07) is 10.6. The molecule has 6 nitrogen and oxygen atoms in total. The Morgan fingerprint density at radius 2 is 1.90 bits per heavy atom. The van der Waals surface area contributed by atoms with E-state index in [1.807, 2.05) is 0 Å². The Morgan fingerprint density at radius 3 is 2.57 bits per heavy atom. The summed E-state index contributed by atoms with van der Waals surface area (Å²) < 4.78 is 39.6. The maximum absolute atomic E-state index is 13.1. The lowest BCUT2D eigenvalue weighted by Crippen LogP contribution is -2.16. The molecule has 0 bridgehead atoms. The Hall–Kier alpha value is -2.61. The summed E-state index contributed by atoms with van der Waals surface area (Å²) in [4.78, 5) is -0.197. The van der Waals surface area contributed by atoms with Crippen LogP contribution in [0.3, 0.4) is 0 Å². The molecular formula is C13H12FN3O3S. The Labute approximate surface area is 120 Å². The Kier molecular flexibility index (Phi) is 4.08. The first-order valence-electron chi connectivity index (χ1n) is 5.79. The molecule has 0 radical (unpaired) electrons. The first kappa shape index (κ1) is 14.8. The zero-order valence-electron chi connectivity index (χ0n) is 10.7. The fraction of sp³-hybridized carbons (Fsp3) is 0. The second kappa shape index (κ2) is 5.80. The molecule has 0 spiro atoms. The quantitative estimate of drug-likeness (QED) is 0.346. The van der Waals surface area contributed by atoms with Gasteiger partial charge in [-0.1, -0.05) is 23.4 Å². The van der Waals surface area contributed by atoms with E-state index in [1.165, 1.54) is 30.3 Å². The van der Waals surface area contributed by atoms with Gasteiger partial charge in [-0.3, -0.25) is 4.72 Å². The number of oxime groups is 1. The van der Waals surface area contributed by atoms with E-state index in [0.717, 1.165) is 12.1 Å². The van der Waals surface area contributed by atoms with Gasteiger partial charge in [0.2, 0.25) is 0 Å². The van der Waals surface area contributed by atoms with Crippen molar-refractivity contribution in [3.8, 4) is 0 Å². The van der Waals surface area contributed by atoms with Crippen LogP contribution in [0, 0.1) is 5.82 Å².